The Morgan fingerprint density at radius 1 is 0.524 bits per heavy atom. The minimum Gasteiger partial charge on any atom is -0.300 e. The second-order valence-corrected chi connectivity index (χ2v) is 13.2. The molecule has 2 fully saturated rings. The fourth-order valence-corrected chi connectivity index (χ4v) is 7.42. The lowest BCUT2D eigenvalue weighted by molar-refractivity contribution is -0.124. The highest BCUT2D eigenvalue weighted by molar-refractivity contribution is 5.81. The number of hydrogen-bond donors (Lipinski definition) is 0. The van der Waals surface area contributed by atoms with E-state index in [1.807, 2.05) is 13.8 Å². The van der Waals surface area contributed by atoms with Crippen molar-refractivity contribution in [2.75, 3.05) is 0 Å². The third-order valence-corrected chi connectivity index (χ3v) is 10.3. The fraction of sp³-hybridized carbons (Fsp3) is 0.615. The van der Waals surface area contributed by atoms with Crippen LogP contribution in [-0.4, -0.2) is 17.3 Å². The average molecular weight is 571 g/mol. The number of aryl methyl sites for hydroxylation is 2. The Labute approximate surface area is 255 Å². The minimum atomic E-state index is 0.298. The van der Waals surface area contributed by atoms with Gasteiger partial charge >= 0.3 is 0 Å². The van der Waals surface area contributed by atoms with Crippen LogP contribution in [0.15, 0.2) is 48.5 Å². The molecule has 2 saturated carbocycles. The molecule has 3 heteroatoms. The van der Waals surface area contributed by atoms with E-state index >= 15 is 0 Å². The first kappa shape index (κ1) is 32.4. The van der Waals surface area contributed by atoms with Crippen LogP contribution in [0.3, 0.4) is 0 Å². The highest BCUT2D eigenvalue weighted by atomic mass is 16.1. The van der Waals surface area contributed by atoms with Crippen molar-refractivity contribution in [3.63, 3.8) is 0 Å². The van der Waals surface area contributed by atoms with E-state index in [4.69, 9.17) is 0 Å². The van der Waals surface area contributed by atoms with Crippen molar-refractivity contribution in [2.45, 2.75) is 141 Å². The van der Waals surface area contributed by atoms with Gasteiger partial charge in [-0.2, -0.15) is 0 Å². The van der Waals surface area contributed by atoms with Crippen LogP contribution >= 0.6 is 0 Å². The van der Waals surface area contributed by atoms with Gasteiger partial charge < -0.3 is 0 Å². The van der Waals surface area contributed by atoms with E-state index in [1.165, 1.54) is 22.3 Å². The van der Waals surface area contributed by atoms with E-state index in [1.54, 1.807) is 0 Å². The third-order valence-electron chi connectivity index (χ3n) is 10.3. The number of ketones is 3. The summed E-state index contributed by atoms with van der Waals surface area (Å²) >= 11 is 0. The van der Waals surface area contributed by atoms with Crippen molar-refractivity contribution < 1.29 is 14.4 Å². The molecule has 2 aliphatic carbocycles. The predicted molar refractivity (Wildman–Crippen MR) is 173 cm³/mol. The molecule has 0 N–H and O–H groups in total. The number of rotatable bonds is 16. The monoisotopic (exact) mass is 570 g/mol. The summed E-state index contributed by atoms with van der Waals surface area (Å²) in [6, 6.07) is 18.3. The molecule has 0 bridgehead atoms. The summed E-state index contributed by atoms with van der Waals surface area (Å²) in [7, 11) is 0. The maximum Gasteiger partial charge on any atom is 0.135 e. The zero-order valence-corrected chi connectivity index (χ0v) is 26.4. The largest absolute Gasteiger partial charge is 0.300 e. The van der Waals surface area contributed by atoms with Gasteiger partial charge in [-0.3, -0.25) is 14.4 Å². The molecule has 228 valence electrons. The summed E-state index contributed by atoms with van der Waals surface area (Å²) < 4.78 is 0. The third kappa shape index (κ3) is 9.75. The van der Waals surface area contributed by atoms with Gasteiger partial charge in [-0.1, -0.05) is 62.4 Å². The van der Waals surface area contributed by atoms with Crippen molar-refractivity contribution in [1.29, 1.82) is 0 Å². The second-order valence-electron chi connectivity index (χ2n) is 13.2. The smallest absolute Gasteiger partial charge is 0.135 e. The van der Waals surface area contributed by atoms with Crippen LogP contribution in [0.2, 0.25) is 0 Å². The van der Waals surface area contributed by atoms with E-state index in [9.17, 15) is 14.4 Å². The molecule has 0 aromatic heterocycles. The quantitative estimate of drug-likeness (QED) is 0.189. The van der Waals surface area contributed by atoms with Crippen molar-refractivity contribution in [2.24, 2.45) is 11.8 Å². The molecule has 3 nitrogen and oxygen atoms in total. The molecule has 0 aliphatic heterocycles. The first-order chi connectivity index (χ1) is 20.5. The standard InChI is InChI=1S/C39H54O3/c1-3-38(41)35-25-21-33(22-26-35)31-17-13-29(14-18-31)9-5-7-11-37(40)12-8-6-10-30-15-19-32(20-16-30)34-23-27-36(28-24-34)39(42)4-2/h13-20,33-36H,3-12,21-28H2,1-2H3. The first-order valence-electron chi connectivity index (χ1n) is 17.2. The molecule has 0 radical (unpaired) electrons. The summed E-state index contributed by atoms with van der Waals surface area (Å²) in [5.74, 6) is 3.10. The molecule has 2 aromatic carbocycles. The van der Waals surface area contributed by atoms with Crippen LogP contribution < -0.4 is 0 Å². The molecule has 2 aliphatic rings. The lowest BCUT2D eigenvalue weighted by atomic mass is 9.76. The molecular formula is C39H54O3. The Balaban J connectivity index is 1.05. The summed E-state index contributed by atoms with van der Waals surface area (Å²) in [6.07, 6.45) is 17.7. The number of unbranched alkanes of at least 4 members (excludes halogenated alkanes) is 2. The van der Waals surface area contributed by atoms with Crippen LogP contribution in [0.4, 0.5) is 0 Å². The highest BCUT2D eigenvalue weighted by Crippen LogP contribution is 2.37. The van der Waals surface area contributed by atoms with Crippen LogP contribution in [0.1, 0.15) is 151 Å². The molecule has 0 spiro atoms. The summed E-state index contributed by atoms with van der Waals surface area (Å²) in [5, 5.41) is 0. The number of carbonyl (C=O) groups is 3. The molecule has 0 amide bonds. The van der Waals surface area contributed by atoms with Gasteiger partial charge in [-0.05, 0) is 124 Å². The topological polar surface area (TPSA) is 51.2 Å². The van der Waals surface area contributed by atoms with E-state index in [-0.39, 0.29) is 0 Å². The van der Waals surface area contributed by atoms with Gasteiger partial charge in [-0.25, -0.2) is 0 Å². The Kier molecular flexibility index (Phi) is 13.0. The lowest BCUT2D eigenvalue weighted by Gasteiger charge is -2.28. The Bertz CT molecular complexity index is 1020. The van der Waals surface area contributed by atoms with Gasteiger partial charge in [0.15, 0.2) is 0 Å². The summed E-state index contributed by atoms with van der Waals surface area (Å²) in [6.45, 7) is 3.97. The second kappa shape index (κ2) is 16.9. The molecule has 0 atom stereocenters. The van der Waals surface area contributed by atoms with Gasteiger partial charge in [-0.15, -0.1) is 0 Å². The molecule has 0 unspecified atom stereocenters. The number of Topliss-reactive ketones (excluding diaryl/α,β-unsaturated/α-hetero) is 3. The van der Waals surface area contributed by atoms with Gasteiger partial charge in [0.2, 0.25) is 0 Å². The zero-order chi connectivity index (χ0) is 29.7. The van der Waals surface area contributed by atoms with Crippen molar-refractivity contribution >= 4 is 17.3 Å². The van der Waals surface area contributed by atoms with Gasteiger partial charge in [0.05, 0.1) is 0 Å². The summed E-state index contributed by atoms with van der Waals surface area (Å²) in [4.78, 5) is 36.4. The van der Waals surface area contributed by atoms with Gasteiger partial charge in [0.25, 0.3) is 0 Å². The Morgan fingerprint density at radius 3 is 1.21 bits per heavy atom. The highest BCUT2D eigenvalue weighted by Gasteiger charge is 2.27. The number of carbonyl (C=O) groups excluding carboxylic acids is 3. The predicted octanol–water partition coefficient (Wildman–Crippen LogP) is 9.89. The van der Waals surface area contributed by atoms with E-state index in [0.29, 0.717) is 66.7 Å². The van der Waals surface area contributed by atoms with Crippen molar-refractivity contribution in [3.8, 4) is 0 Å². The Hall–Kier alpha value is -2.55. The maximum absolute atomic E-state index is 12.4. The average Bonchev–Trinajstić information content (AvgIpc) is 3.05. The van der Waals surface area contributed by atoms with Crippen LogP contribution in [0, 0.1) is 11.8 Å². The van der Waals surface area contributed by atoms with Gasteiger partial charge in [0.1, 0.15) is 17.3 Å². The summed E-state index contributed by atoms with van der Waals surface area (Å²) in [5.41, 5.74) is 5.59. The van der Waals surface area contributed by atoms with E-state index < -0.39 is 0 Å². The Morgan fingerprint density at radius 2 is 0.881 bits per heavy atom. The SMILES string of the molecule is CCC(=O)C1CCC(c2ccc(CCCCC(=O)CCCCc3ccc(C4CCC(C(=O)CC)CC4)cc3)cc2)CC1. The number of hydrogen-bond acceptors (Lipinski definition) is 3. The van der Waals surface area contributed by atoms with Crippen LogP contribution in [0.25, 0.3) is 0 Å². The van der Waals surface area contributed by atoms with Crippen LogP contribution in [0.5, 0.6) is 0 Å². The lowest BCUT2D eigenvalue weighted by Crippen LogP contribution is -2.20. The molecular weight excluding hydrogens is 516 g/mol. The zero-order valence-electron chi connectivity index (χ0n) is 26.4. The molecule has 2 aromatic rings. The van der Waals surface area contributed by atoms with Crippen molar-refractivity contribution in [1.82, 2.24) is 0 Å². The molecule has 4 rings (SSSR count). The van der Waals surface area contributed by atoms with E-state index in [0.717, 1.165) is 89.9 Å². The number of benzene rings is 2. The molecule has 0 heterocycles. The molecule has 42 heavy (non-hydrogen) atoms. The minimum absolute atomic E-state index is 0.298. The maximum atomic E-state index is 12.4. The van der Waals surface area contributed by atoms with E-state index in [2.05, 4.69) is 48.5 Å². The molecule has 0 saturated heterocycles. The van der Waals surface area contributed by atoms with Crippen LogP contribution in [-0.2, 0) is 27.2 Å². The first-order valence-corrected chi connectivity index (χ1v) is 17.2. The fourth-order valence-electron chi connectivity index (χ4n) is 7.42. The normalized spacial score (nSPS) is 22.5. The van der Waals surface area contributed by atoms with Crippen molar-refractivity contribution in [3.05, 3.63) is 70.8 Å². The van der Waals surface area contributed by atoms with Gasteiger partial charge in [0, 0.05) is 37.5 Å².